The number of hydrogen-bond acceptors (Lipinski definition) is 3. The Morgan fingerprint density at radius 2 is 2.11 bits per heavy atom. The first-order valence-electron chi connectivity index (χ1n) is 6.14. The quantitative estimate of drug-likeness (QED) is 0.677. The molecule has 0 amide bonds. The highest BCUT2D eigenvalue weighted by Gasteiger charge is 2.21. The fourth-order valence-corrected chi connectivity index (χ4v) is 4.67. The van der Waals surface area contributed by atoms with E-state index in [1.165, 1.54) is 16.5 Å². The summed E-state index contributed by atoms with van der Waals surface area (Å²) < 4.78 is 13.2. The van der Waals surface area contributed by atoms with Gasteiger partial charge in [-0.2, -0.15) is 0 Å². The standard InChI is InChI=1S/C15H14FNS2/c16-11-6-12(17)8-13(7-11)18-9-14-5-10-3-1-2-4-15(10)19-14/h1-4,6-8,14H,5,9,17H2. The van der Waals surface area contributed by atoms with Gasteiger partial charge in [0.2, 0.25) is 0 Å². The van der Waals surface area contributed by atoms with Gasteiger partial charge in [-0.3, -0.25) is 0 Å². The van der Waals surface area contributed by atoms with Crippen molar-refractivity contribution in [3.05, 3.63) is 53.8 Å². The minimum Gasteiger partial charge on any atom is -0.399 e. The van der Waals surface area contributed by atoms with Crippen molar-refractivity contribution in [2.24, 2.45) is 0 Å². The average molecular weight is 291 g/mol. The molecule has 0 aliphatic carbocycles. The number of rotatable bonds is 3. The SMILES string of the molecule is Nc1cc(F)cc(SCC2Cc3ccccc3S2)c1. The van der Waals surface area contributed by atoms with Gasteiger partial charge in [0.1, 0.15) is 5.82 Å². The molecule has 0 fully saturated rings. The highest BCUT2D eigenvalue weighted by Crippen LogP contribution is 2.39. The van der Waals surface area contributed by atoms with Gasteiger partial charge in [0.15, 0.2) is 0 Å². The van der Waals surface area contributed by atoms with E-state index in [1.54, 1.807) is 17.8 Å². The summed E-state index contributed by atoms with van der Waals surface area (Å²) in [6, 6.07) is 13.3. The number of nitrogens with two attached hydrogens (primary N) is 1. The van der Waals surface area contributed by atoms with Crippen LogP contribution in [0.25, 0.3) is 0 Å². The van der Waals surface area contributed by atoms with Gasteiger partial charge in [-0.25, -0.2) is 4.39 Å². The second-order valence-electron chi connectivity index (χ2n) is 4.58. The molecule has 1 heterocycles. The lowest BCUT2D eigenvalue weighted by molar-refractivity contribution is 0.625. The molecular formula is C15H14FNS2. The molecule has 1 atom stereocenters. The van der Waals surface area contributed by atoms with Crippen LogP contribution in [0.15, 0.2) is 52.3 Å². The van der Waals surface area contributed by atoms with Crippen molar-refractivity contribution in [2.75, 3.05) is 11.5 Å². The second-order valence-corrected chi connectivity index (χ2v) is 7.02. The van der Waals surface area contributed by atoms with Crippen LogP contribution in [0.4, 0.5) is 10.1 Å². The molecule has 0 radical (unpaired) electrons. The number of benzene rings is 2. The Hall–Kier alpha value is -1.13. The number of fused-ring (bicyclic) bond motifs is 1. The van der Waals surface area contributed by atoms with Crippen LogP contribution in [0.2, 0.25) is 0 Å². The first kappa shape index (κ1) is 12.9. The van der Waals surface area contributed by atoms with Crippen molar-refractivity contribution >= 4 is 29.2 Å². The molecule has 2 aromatic rings. The largest absolute Gasteiger partial charge is 0.399 e. The Balaban J connectivity index is 1.62. The molecule has 1 aliphatic heterocycles. The van der Waals surface area contributed by atoms with E-state index in [-0.39, 0.29) is 5.82 Å². The summed E-state index contributed by atoms with van der Waals surface area (Å²) >= 11 is 3.59. The fourth-order valence-electron chi connectivity index (χ4n) is 2.20. The molecule has 2 aromatic carbocycles. The van der Waals surface area contributed by atoms with Gasteiger partial charge in [-0.1, -0.05) is 18.2 Å². The van der Waals surface area contributed by atoms with Crippen molar-refractivity contribution in [2.45, 2.75) is 21.5 Å². The van der Waals surface area contributed by atoms with Crippen molar-refractivity contribution < 1.29 is 4.39 Å². The first-order valence-corrected chi connectivity index (χ1v) is 8.00. The topological polar surface area (TPSA) is 26.0 Å². The van der Waals surface area contributed by atoms with E-state index < -0.39 is 0 Å². The number of halogens is 1. The molecule has 19 heavy (non-hydrogen) atoms. The highest BCUT2D eigenvalue weighted by molar-refractivity contribution is 8.03. The molecule has 0 bridgehead atoms. The van der Waals surface area contributed by atoms with Crippen LogP contribution < -0.4 is 5.73 Å². The van der Waals surface area contributed by atoms with Crippen molar-refractivity contribution in [1.29, 1.82) is 0 Å². The Labute approximate surface area is 120 Å². The maximum absolute atomic E-state index is 13.2. The van der Waals surface area contributed by atoms with Crippen molar-refractivity contribution in [3.8, 4) is 0 Å². The lowest BCUT2D eigenvalue weighted by Crippen LogP contribution is -2.04. The van der Waals surface area contributed by atoms with Gasteiger partial charge in [0.25, 0.3) is 0 Å². The predicted octanol–water partition coefficient (Wildman–Crippen LogP) is 4.22. The third-order valence-corrected chi connectivity index (χ3v) is 5.71. The van der Waals surface area contributed by atoms with Gasteiger partial charge < -0.3 is 5.73 Å². The first-order chi connectivity index (χ1) is 9.20. The molecule has 4 heteroatoms. The maximum atomic E-state index is 13.2. The Morgan fingerprint density at radius 1 is 1.26 bits per heavy atom. The van der Waals surface area contributed by atoms with Crippen LogP contribution in [0, 0.1) is 5.82 Å². The molecule has 98 valence electrons. The van der Waals surface area contributed by atoms with E-state index in [0.717, 1.165) is 17.1 Å². The zero-order chi connectivity index (χ0) is 13.2. The summed E-state index contributed by atoms with van der Waals surface area (Å²) in [5.41, 5.74) is 7.57. The minimum absolute atomic E-state index is 0.259. The van der Waals surface area contributed by atoms with Gasteiger partial charge in [0.05, 0.1) is 0 Å². The van der Waals surface area contributed by atoms with Crippen LogP contribution in [-0.4, -0.2) is 11.0 Å². The van der Waals surface area contributed by atoms with E-state index in [9.17, 15) is 4.39 Å². The molecule has 1 nitrogen and oxygen atoms in total. The number of hydrogen-bond donors (Lipinski definition) is 1. The number of anilines is 1. The van der Waals surface area contributed by atoms with Crippen LogP contribution in [-0.2, 0) is 6.42 Å². The lowest BCUT2D eigenvalue weighted by atomic mass is 10.1. The molecule has 0 aromatic heterocycles. The molecule has 3 rings (SSSR count). The number of thioether (sulfide) groups is 2. The normalized spacial score (nSPS) is 17.4. The molecular weight excluding hydrogens is 277 g/mol. The Bertz CT molecular complexity index is 555. The molecule has 2 N–H and O–H groups in total. The summed E-state index contributed by atoms with van der Waals surface area (Å²) in [5, 5.41) is 0.562. The van der Waals surface area contributed by atoms with E-state index in [2.05, 4.69) is 24.3 Å². The van der Waals surface area contributed by atoms with Crippen LogP contribution in [0.3, 0.4) is 0 Å². The minimum atomic E-state index is -0.259. The van der Waals surface area contributed by atoms with E-state index in [0.29, 0.717) is 10.9 Å². The summed E-state index contributed by atoms with van der Waals surface area (Å²) in [7, 11) is 0. The van der Waals surface area contributed by atoms with Crippen molar-refractivity contribution in [1.82, 2.24) is 0 Å². The molecule has 0 spiro atoms. The maximum Gasteiger partial charge on any atom is 0.126 e. The smallest absolute Gasteiger partial charge is 0.126 e. The van der Waals surface area contributed by atoms with Crippen LogP contribution in [0.1, 0.15) is 5.56 Å². The molecule has 0 saturated carbocycles. The molecule has 0 saturated heterocycles. The zero-order valence-corrected chi connectivity index (χ0v) is 11.9. The summed E-state index contributed by atoms with van der Waals surface area (Å²) in [4.78, 5) is 2.29. The second kappa shape index (κ2) is 5.47. The Morgan fingerprint density at radius 3 is 2.89 bits per heavy atom. The van der Waals surface area contributed by atoms with E-state index in [1.807, 2.05) is 17.8 Å². The van der Waals surface area contributed by atoms with Crippen molar-refractivity contribution in [3.63, 3.8) is 0 Å². The predicted molar refractivity (Wildman–Crippen MR) is 81.3 cm³/mol. The van der Waals surface area contributed by atoms with Gasteiger partial charge in [-0.15, -0.1) is 23.5 Å². The van der Waals surface area contributed by atoms with Gasteiger partial charge in [-0.05, 0) is 36.2 Å². The summed E-state index contributed by atoms with van der Waals surface area (Å²) in [6.45, 7) is 0. The third-order valence-electron chi connectivity index (χ3n) is 3.04. The van der Waals surface area contributed by atoms with Gasteiger partial charge >= 0.3 is 0 Å². The fraction of sp³-hybridized carbons (Fsp3) is 0.200. The third kappa shape index (κ3) is 3.07. The van der Waals surface area contributed by atoms with E-state index >= 15 is 0 Å². The molecule has 1 aliphatic rings. The van der Waals surface area contributed by atoms with Crippen LogP contribution in [0.5, 0.6) is 0 Å². The molecule has 1 unspecified atom stereocenters. The zero-order valence-electron chi connectivity index (χ0n) is 10.3. The van der Waals surface area contributed by atoms with E-state index in [4.69, 9.17) is 5.73 Å². The Kier molecular flexibility index (Phi) is 3.71. The summed E-state index contributed by atoms with van der Waals surface area (Å²) in [5.74, 6) is 0.715. The summed E-state index contributed by atoms with van der Waals surface area (Å²) in [6.07, 6.45) is 1.10. The van der Waals surface area contributed by atoms with Gasteiger partial charge in [0, 0.05) is 26.5 Å². The number of nitrogen functional groups attached to an aromatic ring is 1. The average Bonchev–Trinajstić information content (AvgIpc) is 2.78. The van der Waals surface area contributed by atoms with Crippen LogP contribution >= 0.6 is 23.5 Å². The highest BCUT2D eigenvalue weighted by atomic mass is 32.2. The lowest BCUT2D eigenvalue weighted by Gasteiger charge is -2.08. The monoisotopic (exact) mass is 291 g/mol.